The number of amides is 1. The van der Waals surface area contributed by atoms with Gasteiger partial charge >= 0.3 is 5.97 Å². The van der Waals surface area contributed by atoms with Crippen LogP contribution in [0.2, 0.25) is 0 Å². The molecule has 1 aliphatic rings. The van der Waals surface area contributed by atoms with E-state index in [4.69, 9.17) is 18.9 Å². The Kier molecular flexibility index (Phi) is 8.48. The number of rotatable bonds is 10. The lowest BCUT2D eigenvalue weighted by Gasteiger charge is -2.18. The van der Waals surface area contributed by atoms with Crippen LogP contribution >= 0.6 is 0 Å². The van der Waals surface area contributed by atoms with Crippen molar-refractivity contribution in [3.05, 3.63) is 106 Å². The number of ether oxygens (including phenoxy) is 4. The molecule has 7 nitrogen and oxygen atoms in total. The van der Waals surface area contributed by atoms with Crippen LogP contribution in [-0.2, 0) is 27.4 Å². The molecule has 0 N–H and O–H groups in total. The summed E-state index contributed by atoms with van der Waals surface area (Å²) in [7, 11) is 4.48. The van der Waals surface area contributed by atoms with Crippen LogP contribution in [0, 0.1) is 0 Å². The van der Waals surface area contributed by atoms with E-state index < -0.39 is 5.97 Å². The maximum Gasteiger partial charge on any atom is 0.340 e. The number of methoxy groups -OCH3 is 3. The minimum Gasteiger partial charge on any atom is -0.493 e. The lowest BCUT2D eigenvalue weighted by atomic mass is 10.0. The molecule has 0 radical (unpaired) electrons. The van der Waals surface area contributed by atoms with Crippen molar-refractivity contribution < 1.29 is 28.5 Å². The van der Waals surface area contributed by atoms with Crippen LogP contribution in [0.15, 0.2) is 89.6 Å². The Balaban J connectivity index is 1.60. The smallest absolute Gasteiger partial charge is 0.340 e. The fraction of sp³-hybridized carbons (Fsp3) is 0.226. The van der Waals surface area contributed by atoms with Gasteiger partial charge in [0.15, 0.2) is 11.5 Å². The summed E-state index contributed by atoms with van der Waals surface area (Å²) in [6.45, 7) is 2.52. The molecule has 0 saturated heterocycles. The molecule has 7 heteroatoms. The van der Waals surface area contributed by atoms with Gasteiger partial charge in [0.2, 0.25) is 0 Å². The molecule has 38 heavy (non-hydrogen) atoms. The highest BCUT2D eigenvalue weighted by Gasteiger charge is 2.37. The average molecular weight is 514 g/mol. The minimum atomic E-state index is -0.557. The predicted molar refractivity (Wildman–Crippen MR) is 145 cm³/mol. The summed E-state index contributed by atoms with van der Waals surface area (Å²) >= 11 is 0. The first-order valence-electron chi connectivity index (χ1n) is 12.3. The van der Waals surface area contributed by atoms with Gasteiger partial charge in [-0.3, -0.25) is 4.79 Å². The molecule has 1 aliphatic heterocycles. The molecule has 0 bridgehead atoms. The van der Waals surface area contributed by atoms with Crippen molar-refractivity contribution in [1.82, 2.24) is 4.90 Å². The van der Waals surface area contributed by atoms with Crippen molar-refractivity contribution in [2.24, 2.45) is 0 Å². The van der Waals surface area contributed by atoms with Crippen molar-refractivity contribution >= 4 is 18.0 Å². The van der Waals surface area contributed by atoms with Crippen LogP contribution in [-0.4, -0.2) is 44.7 Å². The van der Waals surface area contributed by atoms with E-state index in [1.54, 1.807) is 32.1 Å². The average Bonchev–Trinajstić information content (AvgIpc) is 3.19. The fourth-order valence-electron chi connectivity index (χ4n) is 4.40. The zero-order valence-corrected chi connectivity index (χ0v) is 22.0. The summed E-state index contributed by atoms with van der Waals surface area (Å²) in [5.41, 5.74) is 3.78. The van der Waals surface area contributed by atoms with E-state index in [9.17, 15) is 9.59 Å². The van der Waals surface area contributed by atoms with Crippen molar-refractivity contribution in [3.8, 4) is 17.2 Å². The highest BCUT2D eigenvalue weighted by molar-refractivity contribution is 6.16. The van der Waals surface area contributed by atoms with Gasteiger partial charge in [-0.05, 0) is 48.7 Å². The number of benzene rings is 3. The molecule has 0 unspecified atom stereocenters. The Morgan fingerprint density at radius 2 is 1.55 bits per heavy atom. The molecule has 1 heterocycles. The number of carbonyl (C=O) groups is 2. The van der Waals surface area contributed by atoms with Gasteiger partial charge in [-0.15, -0.1) is 0 Å². The lowest BCUT2D eigenvalue weighted by molar-refractivity contribution is -0.136. The normalized spacial score (nSPS) is 14.2. The van der Waals surface area contributed by atoms with Crippen LogP contribution < -0.4 is 14.2 Å². The van der Waals surface area contributed by atoms with Gasteiger partial charge in [0, 0.05) is 17.8 Å². The molecule has 0 spiro atoms. The Morgan fingerprint density at radius 1 is 0.842 bits per heavy atom. The van der Waals surface area contributed by atoms with Crippen molar-refractivity contribution in [2.75, 3.05) is 27.9 Å². The van der Waals surface area contributed by atoms with Gasteiger partial charge in [-0.25, -0.2) is 4.79 Å². The van der Waals surface area contributed by atoms with Crippen LogP contribution in [0.4, 0.5) is 0 Å². The summed E-state index contributed by atoms with van der Waals surface area (Å²) in [5, 5.41) is 0. The monoisotopic (exact) mass is 513 g/mol. The number of para-hydroxylation sites is 1. The molecule has 0 saturated carbocycles. The van der Waals surface area contributed by atoms with E-state index >= 15 is 0 Å². The third kappa shape index (κ3) is 5.72. The van der Waals surface area contributed by atoms with Crippen molar-refractivity contribution in [2.45, 2.75) is 20.0 Å². The second-order valence-corrected chi connectivity index (χ2v) is 8.72. The second kappa shape index (κ2) is 12.1. The van der Waals surface area contributed by atoms with E-state index in [1.165, 1.54) is 7.11 Å². The molecule has 196 valence electrons. The molecule has 0 fully saturated rings. The van der Waals surface area contributed by atoms with E-state index in [1.807, 2.05) is 72.8 Å². The Bertz CT molecular complexity index is 1380. The van der Waals surface area contributed by atoms with Gasteiger partial charge in [0.05, 0.1) is 32.5 Å². The van der Waals surface area contributed by atoms with E-state index in [0.717, 1.165) is 11.1 Å². The largest absolute Gasteiger partial charge is 0.493 e. The van der Waals surface area contributed by atoms with Crippen LogP contribution in [0.3, 0.4) is 0 Å². The maximum atomic E-state index is 13.6. The number of esters is 1. The zero-order valence-electron chi connectivity index (χ0n) is 22.0. The number of nitrogens with zero attached hydrogens (tertiary/aromatic N) is 1. The first-order chi connectivity index (χ1) is 18.5. The van der Waals surface area contributed by atoms with E-state index in [-0.39, 0.29) is 17.1 Å². The molecule has 0 atom stereocenters. The van der Waals surface area contributed by atoms with E-state index in [0.29, 0.717) is 48.1 Å². The van der Waals surface area contributed by atoms with Crippen molar-refractivity contribution in [1.29, 1.82) is 0 Å². The van der Waals surface area contributed by atoms with Gasteiger partial charge in [0.1, 0.15) is 12.4 Å². The first kappa shape index (κ1) is 26.5. The quantitative estimate of drug-likeness (QED) is 0.274. The summed E-state index contributed by atoms with van der Waals surface area (Å²) in [5.74, 6) is 1.05. The molecule has 3 aromatic rings. The highest BCUT2D eigenvalue weighted by Crippen LogP contribution is 2.34. The Labute approximate surface area is 222 Å². The minimum absolute atomic E-state index is 0.252. The number of allylic oxidation sites excluding steroid dienone is 1. The number of hydrogen-bond acceptors (Lipinski definition) is 6. The molecule has 3 aromatic carbocycles. The zero-order chi connectivity index (χ0) is 27.1. The van der Waals surface area contributed by atoms with Crippen LogP contribution in [0.25, 0.3) is 6.08 Å². The number of carbonyl (C=O) groups excluding carboxylic acids is 2. The molecule has 1 amide bonds. The fourth-order valence-corrected chi connectivity index (χ4v) is 4.40. The Hall–Kier alpha value is -4.52. The van der Waals surface area contributed by atoms with Crippen LogP contribution in [0.1, 0.15) is 23.6 Å². The molecule has 4 rings (SSSR count). The predicted octanol–water partition coefficient (Wildman–Crippen LogP) is 5.20. The second-order valence-electron chi connectivity index (χ2n) is 8.72. The lowest BCUT2D eigenvalue weighted by Crippen LogP contribution is -2.27. The summed E-state index contributed by atoms with van der Waals surface area (Å²) in [6, 6.07) is 22.9. The van der Waals surface area contributed by atoms with Crippen molar-refractivity contribution in [3.63, 3.8) is 0 Å². The first-order valence-corrected chi connectivity index (χ1v) is 12.3. The van der Waals surface area contributed by atoms with Gasteiger partial charge < -0.3 is 23.8 Å². The van der Waals surface area contributed by atoms with E-state index in [2.05, 4.69) is 0 Å². The summed E-state index contributed by atoms with van der Waals surface area (Å²) in [4.78, 5) is 28.0. The Morgan fingerprint density at radius 3 is 2.26 bits per heavy atom. The summed E-state index contributed by atoms with van der Waals surface area (Å²) < 4.78 is 21.8. The maximum absolute atomic E-state index is 13.6. The SMILES string of the molecule is COC(=O)C1=C(C)N(CCc2ccc(OC)c(OC)c2)C(=O)/C1=C\c1ccccc1OCc1ccccc1. The molecule has 0 aromatic heterocycles. The standard InChI is InChI=1S/C31H31NO6/c1-21-29(31(34)37-4)25(19-24-12-8-9-13-26(24)38-20-23-10-6-5-7-11-23)30(33)32(21)17-16-22-14-15-27(35-2)28(18-22)36-3/h5-15,18-19H,16-17,20H2,1-4H3/b25-19-. The molecular formula is C31H31NO6. The number of hydrogen-bond donors (Lipinski definition) is 0. The van der Waals surface area contributed by atoms with Crippen LogP contribution in [0.5, 0.6) is 17.2 Å². The molecule has 0 aliphatic carbocycles. The molecular weight excluding hydrogens is 482 g/mol. The van der Waals surface area contributed by atoms with Gasteiger partial charge in [0.25, 0.3) is 5.91 Å². The van der Waals surface area contributed by atoms with Gasteiger partial charge in [-0.1, -0.05) is 54.6 Å². The van der Waals surface area contributed by atoms with Gasteiger partial charge in [-0.2, -0.15) is 0 Å². The third-order valence-electron chi connectivity index (χ3n) is 6.43. The summed E-state index contributed by atoms with van der Waals surface area (Å²) in [6.07, 6.45) is 2.26. The topological polar surface area (TPSA) is 74.3 Å². The third-order valence-corrected chi connectivity index (χ3v) is 6.43. The highest BCUT2D eigenvalue weighted by atomic mass is 16.5.